The van der Waals surface area contributed by atoms with E-state index in [2.05, 4.69) is 20.5 Å². The van der Waals surface area contributed by atoms with Gasteiger partial charge in [-0.15, -0.1) is 11.3 Å². The Kier molecular flexibility index (Phi) is 2.62. The molecule has 0 fully saturated rings. The van der Waals surface area contributed by atoms with E-state index in [0.29, 0.717) is 17.4 Å². The molecule has 2 aromatic rings. The summed E-state index contributed by atoms with van der Waals surface area (Å²) in [5.41, 5.74) is 1.11. The van der Waals surface area contributed by atoms with Gasteiger partial charge in [-0.1, -0.05) is 0 Å². The lowest BCUT2D eigenvalue weighted by molar-refractivity contribution is 0.102. The maximum absolute atomic E-state index is 11.9. The number of hydrogen-bond acceptors (Lipinski definition) is 5. The Balaban J connectivity index is 1.79. The van der Waals surface area contributed by atoms with E-state index in [1.165, 1.54) is 22.5 Å². The second kappa shape index (κ2) is 4.27. The molecule has 0 aliphatic carbocycles. The third-order valence-corrected chi connectivity index (χ3v) is 3.73. The number of hydrogen-bond donors (Lipinski definition) is 2. The van der Waals surface area contributed by atoms with Crippen LogP contribution >= 0.6 is 11.3 Å². The maximum Gasteiger partial charge on any atom is 0.268 e. The summed E-state index contributed by atoms with van der Waals surface area (Å²) in [5, 5.41) is 8.90. The highest BCUT2D eigenvalue weighted by atomic mass is 32.1. The van der Waals surface area contributed by atoms with Crippen molar-refractivity contribution in [1.82, 2.24) is 15.2 Å². The van der Waals surface area contributed by atoms with E-state index < -0.39 is 0 Å². The molecule has 0 spiro atoms. The van der Waals surface area contributed by atoms with Crippen LogP contribution < -0.4 is 5.32 Å². The van der Waals surface area contributed by atoms with Crippen LogP contribution in [0.5, 0.6) is 0 Å². The zero-order chi connectivity index (χ0) is 11.7. The van der Waals surface area contributed by atoms with Gasteiger partial charge in [0, 0.05) is 11.3 Å². The third kappa shape index (κ3) is 2.06. The molecule has 0 bridgehead atoms. The number of thiophene rings is 1. The van der Waals surface area contributed by atoms with Crippen molar-refractivity contribution in [1.29, 1.82) is 0 Å². The summed E-state index contributed by atoms with van der Waals surface area (Å²) in [6.07, 6.45) is 2.23. The molecule has 1 aliphatic heterocycles. The highest BCUT2D eigenvalue weighted by molar-refractivity contribution is 7.14. The first-order valence-corrected chi connectivity index (χ1v) is 6.00. The van der Waals surface area contributed by atoms with Crippen molar-refractivity contribution in [3.8, 4) is 0 Å². The molecule has 0 saturated carbocycles. The van der Waals surface area contributed by atoms with Gasteiger partial charge in [0.1, 0.15) is 6.33 Å². The largest absolute Gasteiger partial charge is 0.376 e. The van der Waals surface area contributed by atoms with E-state index in [-0.39, 0.29) is 5.91 Å². The summed E-state index contributed by atoms with van der Waals surface area (Å²) in [5.74, 6) is 0.193. The number of aromatic nitrogens is 3. The van der Waals surface area contributed by atoms with Crippen LogP contribution in [0.1, 0.15) is 20.1 Å². The van der Waals surface area contributed by atoms with Crippen molar-refractivity contribution < 1.29 is 9.53 Å². The van der Waals surface area contributed by atoms with E-state index in [1.807, 2.05) is 6.07 Å². The molecule has 6 nitrogen and oxygen atoms in total. The van der Waals surface area contributed by atoms with Gasteiger partial charge >= 0.3 is 0 Å². The van der Waals surface area contributed by atoms with Gasteiger partial charge in [-0.05, 0) is 11.6 Å². The minimum absolute atomic E-state index is 0.166. The maximum atomic E-state index is 11.9. The second-order valence-electron chi connectivity index (χ2n) is 3.65. The minimum Gasteiger partial charge on any atom is -0.376 e. The molecule has 3 rings (SSSR count). The molecule has 0 unspecified atom stereocenters. The van der Waals surface area contributed by atoms with Crippen molar-refractivity contribution >= 4 is 23.2 Å². The van der Waals surface area contributed by atoms with Crippen molar-refractivity contribution in [2.24, 2.45) is 0 Å². The molecule has 1 aliphatic rings. The Hall–Kier alpha value is -1.73. The Morgan fingerprint density at radius 3 is 3.29 bits per heavy atom. The van der Waals surface area contributed by atoms with Crippen molar-refractivity contribution in [2.75, 3.05) is 11.9 Å². The van der Waals surface area contributed by atoms with Gasteiger partial charge in [0.05, 0.1) is 18.1 Å². The molecule has 0 radical (unpaired) electrons. The van der Waals surface area contributed by atoms with Crippen LogP contribution in [0.3, 0.4) is 0 Å². The monoisotopic (exact) mass is 250 g/mol. The van der Waals surface area contributed by atoms with E-state index in [4.69, 9.17) is 4.74 Å². The molecule has 0 aromatic carbocycles. The standard InChI is InChI=1S/C10H10N4O2S/c15-9(13-10-11-5-12-14-10)8-3-6-4-16-2-1-7(6)17-8/h3,5H,1-2,4H2,(H2,11,12,13,14,15). The molecule has 88 valence electrons. The molecule has 2 N–H and O–H groups in total. The smallest absolute Gasteiger partial charge is 0.268 e. The summed E-state index contributed by atoms with van der Waals surface area (Å²) in [7, 11) is 0. The van der Waals surface area contributed by atoms with Crippen LogP contribution in [0.25, 0.3) is 0 Å². The number of nitrogens with zero attached hydrogens (tertiary/aromatic N) is 2. The Bertz CT molecular complexity index is 511. The predicted molar refractivity (Wildman–Crippen MR) is 62.0 cm³/mol. The van der Waals surface area contributed by atoms with Gasteiger partial charge in [-0.3, -0.25) is 10.1 Å². The van der Waals surface area contributed by atoms with Gasteiger partial charge in [0.25, 0.3) is 5.91 Å². The molecule has 17 heavy (non-hydrogen) atoms. The van der Waals surface area contributed by atoms with Crippen molar-refractivity contribution in [3.05, 3.63) is 27.7 Å². The first-order chi connectivity index (χ1) is 8.33. The van der Waals surface area contributed by atoms with E-state index >= 15 is 0 Å². The number of carbonyl (C=O) groups excluding carboxylic acids is 1. The zero-order valence-electron chi connectivity index (χ0n) is 8.90. The summed E-state index contributed by atoms with van der Waals surface area (Å²) in [4.78, 5) is 17.7. The molecular weight excluding hydrogens is 240 g/mol. The third-order valence-electron chi connectivity index (χ3n) is 2.50. The van der Waals surface area contributed by atoms with Crippen LogP contribution in [0.2, 0.25) is 0 Å². The van der Waals surface area contributed by atoms with Crippen LogP contribution in [0.15, 0.2) is 12.4 Å². The number of carbonyl (C=O) groups is 1. The van der Waals surface area contributed by atoms with Gasteiger partial charge in [0.2, 0.25) is 5.95 Å². The molecule has 0 atom stereocenters. The topological polar surface area (TPSA) is 79.9 Å². The van der Waals surface area contributed by atoms with Gasteiger partial charge < -0.3 is 4.74 Å². The van der Waals surface area contributed by atoms with Crippen LogP contribution in [-0.4, -0.2) is 27.7 Å². The fourth-order valence-electron chi connectivity index (χ4n) is 1.69. The van der Waals surface area contributed by atoms with E-state index in [1.54, 1.807) is 0 Å². The summed E-state index contributed by atoms with van der Waals surface area (Å²) >= 11 is 1.51. The summed E-state index contributed by atoms with van der Waals surface area (Å²) in [6, 6.07) is 1.88. The molecule has 3 heterocycles. The lowest BCUT2D eigenvalue weighted by atomic mass is 10.2. The van der Waals surface area contributed by atoms with Gasteiger partial charge in [-0.25, -0.2) is 5.10 Å². The molecule has 7 heteroatoms. The Morgan fingerprint density at radius 2 is 2.53 bits per heavy atom. The summed E-state index contributed by atoms with van der Waals surface area (Å²) < 4.78 is 5.34. The number of anilines is 1. The Morgan fingerprint density at radius 1 is 1.59 bits per heavy atom. The van der Waals surface area contributed by atoms with Crippen molar-refractivity contribution in [2.45, 2.75) is 13.0 Å². The molecule has 0 saturated heterocycles. The average Bonchev–Trinajstić information content (AvgIpc) is 2.96. The molecular formula is C10H10N4O2S. The number of fused-ring (bicyclic) bond motifs is 1. The van der Waals surface area contributed by atoms with E-state index in [9.17, 15) is 4.79 Å². The van der Waals surface area contributed by atoms with Gasteiger partial charge in [0.15, 0.2) is 0 Å². The predicted octanol–water partition coefficient (Wildman–Crippen LogP) is 1.19. The number of nitrogens with one attached hydrogen (secondary N) is 2. The number of amides is 1. The second-order valence-corrected chi connectivity index (χ2v) is 4.79. The molecule has 1 amide bonds. The lowest BCUT2D eigenvalue weighted by Gasteiger charge is -2.10. The SMILES string of the molecule is O=C(Nc1ncn[nH]1)c1cc2c(s1)CCOC2. The number of rotatable bonds is 2. The van der Waals surface area contributed by atoms with E-state index in [0.717, 1.165) is 18.6 Å². The van der Waals surface area contributed by atoms with Crippen molar-refractivity contribution in [3.63, 3.8) is 0 Å². The quantitative estimate of drug-likeness (QED) is 0.839. The molecule has 2 aromatic heterocycles. The Labute approximate surface area is 101 Å². The fourth-order valence-corrected chi connectivity index (χ4v) is 2.74. The first kappa shape index (κ1) is 10.4. The van der Waals surface area contributed by atoms with Crippen LogP contribution in [0.4, 0.5) is 5.95 Å². The van der Waals surface area contributed by atoms with Crippen LogP contribution in [0, 0.1) is 0 Å². The lowest BCUT2D eigenvalue weighted by Crippen LogP contribution is -2.11. The average molecular weight is 250 g/mol. The van der Waals surface area contributed by atoms with Crippen LogP contribution in [-0.2, 0) is 17.8 Å². The minimum atomic E-state index is -0.166. The number of H-pyrrole nitrogens is 1. The highest BCUT2D eigenvalue weighted by Crippen LogP contribution is 2.27. The number of ether oxygens (including phenoxy) is 1. The van der Waals surface area contributed by atoms with Gasteiger partial charge in [-0.2, -0.15) is 10.1 Å². The first-order valence-electron chi connectivity index (χ1n) is 5.19. The normalized spacial score (nSPS) is 14.4. The highest BCUT2D eigenvalue weighted by Gasteiger charge is 2.18. The zero-order valence-corrected chi connectivity index (χ0v) is 9.71. The summed E-state index contributed by atoms with van der Waals surface area (Å²) in [6.45, 7) is 1.33. The fraction of sp³-hybridized carbons (Fsp3) is 0.300. The number of aromatic amines is 1.